The molecule has 4 rings (SSSR count). The molecule has 2 aromatic heterocycles. The summed E-state index contributed by atoms with van der Waals surface area (Å²) in [6, 6.07) is 3.73. The minimum absolute atomic E-state index is 0.0685. The van der Waals surface area contributed by atoms with Crippen LogP contribution in [0.1, 0.15) is 21.7 Å². The van der Waals surface area contributed by atoms with Crippen molar-refractivity contribution in [1.29, 1.82) is 0 Å². The zero-order valence-electron chi connectivity index (χ0n) is 16.6. The van der Waals surface area contributed by atoms with Gasteiger partial charge in [0.15, 0.2) is 5.82 Å². The van der Waals surface area contributed by atoms with Crippen molar-refractivity contribution in [1.82, 2.24) is 20.2 Å². The average molecular weight is 413 g/mol. The molecule has 9 nitrogen and oxygen atoms in total. The molecule has 0 radical (unpaired) electrons. The maximum absolute atomic E-state index is 13.6. The van der Waals surface area contributed by atoms with E-state index in [2.05, 4.69) is 25.5 Å². The van der Waals surface area contributed by atoms with E-state index in [4.69, 9.17) is 14.2 Å². The number of aromatic nitrogens is 4. The van der Waals surface area contributed by atoms with Gasteiger partial charge in [-0.3, -0.25) is 9.89 Å². The predicted octanol–water partition coefficient (Wildman–Crippen LogP) is 2.76. The van der Waals surface area contributed by atoms with Gasteiger partial charge in [-0.25, -0.2) is 9.37 Å². The van der Waals surface area contributed by atoms with Crippen LogP contribution in [0.4, 0.5) is 10.1 Å². The highest BCUT2D eigenvalue weighted by atomic mass is 19.1. The first-order chi connectivity index (χ1) is 14.5. The van der Waals surface area contributed by atoms with E-state index < -0.39 is 11.7 Å². The Morgan fingerprint density at radius 3 is 2.83 bits per heavy atom. The van der Waals surface area contributed by atoms with Gasteiger partial charge in [-0.2, -0.15) is 5.10 Å². The van der Waals surface area contributed by atoms with Gasteiger partial charge in [0.2, 0.25) is 0 Å². The molecule has 0 aliphatic heterocycles. The molecule has 156 valence electrons. The lowest BCUT2D eigenvalue weighted by atomic mass is 10.0. The molecule has 0 bridgehead atoms. The molecule has 0 spiro atoms. The van der Waals surface area contributed by atoms with Crippen LogP contribution in [-0.4, -0.2) is 53.5 Å². The molecule has 1 aliphatic rings. The fraction of sp³-hybridized carbons (Fsp3) is 0.250. The van der Waals surface area contributed by atoms with Crippen molar-refractivity contribution in [2.45, 2.75) is 12.5 Å². The number of imidazole rings is 1. The van der Waals surface area contributed by atoms with Crippen molar-refractivity contribution < 1.29 is 23.4 Å². The molecule has 2 heterocycles. The number of rotatable bonds is 6. The Morgan fingerprint density at radius 1 is 1.27 bits per heavy atom. The fourth-order valence-corrected chi connectivity index (χ4v) is 3.33. The average Bonchev–Trinajstić information content (AvgIpc) is 3.38. The standard InChI is InChI=1S/C20H20FN5O4/c1-28-15-5-4-10(21)6-11(15)20(27)25-14-9-22-26-18(14)19-23-12-7-16(29-2)17(30-3)8-13(12)24-19/h4-7,9,17H,8H2,1-3H3,(H,22,26)(H,23,24)(H,25,27). The summed E-state index contributed by atoms with van der Waals surface area (Å²) in [6.45, 7) is 0. The summed E-state index contributed by atoms with van der Waals surface area (Å²) in [4.78, 5) is 20.5. The SMILES string of the molecule is COC1=Cc2nc(-c3[nH]ncc3NC(=O)c3cc(F)ccc3OC)[nH]c2CC1OC. The lowest BCUT2D eigenvalue weighted by Gasteiger charge is -2.20. The molecular weight excluding hydrogens is 393 g/mol. The van der Waals surface area contributed by atoms with Crippen molar-refractivity contribution in [3.63, 3.8) is 0 Å². The van der Waals surface area contributed by atoms with Gasteiger partial charge in [0.05, 0.1) is 37.4 Å². The van der Waals surface area contributed by atoms with Gasteiger partial charge in [0, 0.05) is 25.3 Å². The summed E-state index contributed by atoms with van der Waals surface area (Å²) in [5.41, 5.74) is 2.52. The van der Waals surface area contributed by atoms with Gasteiger partial charge in [-0.05, 0) is 18.2 Å². The van der Waals surface area contributed by atoms with Crippen molar-refractivity contribution in [3.8, 4) is 17.3 Å². The number of methoxy groups -OCH3 is 3. The third-order valence-electron chi connectivity index (χ3n) is 4.85. The summed E-state index contributed by atoms with van der Waals surface area (Å²) < 4.78 is 29.6. The van der Waals surface area contributed by atoms with Gasteiger partial charge in [0.25, 0.3) is 5.91 Å². The lowest BCUT2D eigenvalue weighted by Crippen LogP contribution is -2.22. The van der Waals surface area contributed by atoms with Crippen molar-refractivity contribution in [2.24, 2.45) is 0 Å². The molecule has 0 fully saturated rings. The van der Waals surface area contributed by atoms with E-state index in [-0.39, 0.29) is 17.4 Å². The van der Waals surface area contributed by atoms with E-state index in [1.165, 1.54) is 25.4 Å². The molecule has 1 atom stereocenters. The Hall–Kier alpha value is -3.66. The number of amides is 1. The fourth-order valence-electron chi connectivity index (χ4n) is 3.33. The van der Waals surface area contributed by atoms with Crippen molar-refractivity contribution in [3.05, 3.63) is 52.9 Å². The predicted molar refractivity (Wildman–Crippen MR) is 107 cm³/mol. The van der Waals surface area contributed by atoms with Crippen LogP contribution >= 0.6 is 0 Å². The van der Waals surface area contributed by atoms with Crippen molar-refractivity contribution >= 4 is 17.7 Å². The van der Waals surface area contributed by atoms with Crippen LogP contribution in [0, 0.1) is 5.82 Å². The van der Waals surface area contributed by atoms with E-state index in [9.17, 15) is 9.18 Å². The number of H-pyrrole nitrogens is 2. The number of carbonyl (C=O) groups excluding carboxylic acids is 1. The third kappa shape index (κ3) is 3.52. The number of fused-ring (bicyclic) bond motifs is 1. The van der Waals surface area contributed by atoms with Crippen molar-refractivity contribution in [2.75, 3.05) is 26.6 Å². The smallest absolute Gasteiger partial charge is 0.259 e. The highest BCUT2D eigenvalue weighted by Gasteiger charge is 2.26. The molecule has 30 heavy (non-hydrogen) atoms. The number of anilines is 1. The quantitative estimate of drug-likeness (QED) is 0.573. The number of aromatic amines is 2. The maximum Gasteiger partial charge on any atom is 0.259 e. The first-order valence-corrected chi connectivity index (χ1v) is 9.10. The van der Waals surface area contributed by atoms with Crippen LogP contribution in [0.25, 0.3) is 17.6 Å². The zero-order chi connectivity index (χ0) is 21.3. The lowest BCUT2D eigenvalue weighted by molar-refractivity contribution is 0.0788. The van der Waals surface area contributed by atoms with Crippen LogP contribution in [-0.2, 0) is 15.9 Å². The summed E-state index contributed by atoms with van der Waals surface area (Å²) in [5.74, 6) is 0.351. The second-order valence-corrected chi connectivity index (χ2v) is 6.59. The first-order valence-electron chi connectivity index (χ1n) is 9.10. The molecule has 3 aromatic rings. The Morgan fingerprint density at radius 2 is 2.10 bits per heavy atom. The van der Waals surface area contributed by atoms with Crippen LogP contribution in [0.2, 0.25) is 0 Å². The molecule has 3 N–H and O–H groups in total. The summed E-state index contributed by atoms with van der Waals surface area (Å²) in [5, 5.41) is 9.56. The number of halogens is 1. The highest BCUT2D eigenvalue weighted by molar-refractivity contribution is 6.07. The van der Waals surface area contributed by atoms with E-state index in [1.54, 1.807) is 20.3 Å². The number of nitrogens with zero attached hydrogens (tertiary/aromatic N) is 2. The van der Waals surface area contributed by atoms with Crippen LogP contribution in [0.3, 0.4) is 0 Å². The minimum Gasteiger partial charge on any atom is -0.498 e. The number of carbonyl (C=O) groups is 1. The Labute approximate surface area is 171 Å². The third-order valence-corrected chi connectivity index (χ3v) is 4.85. The molecule has 0 saturated carbocycles. The Kier molecular flexibility index (Phi) is 5.23. The van der Waals surface area contributed by atoms with Crippen LogP contribution in [0.5, 0.6) is 5.75 Å². The topological polar surface area (TPSA) is 114 Å². The highest BCUT2D eigenvalue weighted by Crippen LogP contribution is 2.30. The normalized spacial score (nSPS) is 15.3. The van der Waals surface area contributed by atoms with Crippen LogP contribution in [0.15, 0.2) is 30.2 Å². The zero-order valence-corrected chi connectivity index (χ0v) is 16.6. The number of benzene rings is 1. The van der Waals surface area contributed by atoms with Gasteiger partial charge >= 0.3 is 0 Å². The second kappa shape index (κ2) is 7.99. The van der Waals surface area contributed by atoms with Gasteiger partial charge in [0.1, 0.15) is 29.1 Å². The Bertz CT molecular complexity index is 1120. The minimum atomic E-state index is -0.541. The van der Waals surface area contributed by atoms with E-state index in [0.717, 1.165) is 11.8 Å². The number of ether oxygens (including phenoxy) is 3. The number of hydrogen-bond acceptors (Lipinski definition) is 6. The summed E-state index contributed by atoms with van der Waals surface area (Å²) in [7, 11) is 4.61. The molecule has 1 aliphatic carbocycles. The number of hydrogen-bond donors (Lipinski definition) is 3. The maximum atomic E-state index is 13.6. The molecule has 1 amide bonds. The van der Waals surface area contributed by atoms with E-state index in [1.807, 2.05) is 0 Å². The first kappa shape index (κ1) is 19.6. The molecular formula is C20H20FN5O4. The molecule has 1 unspecified atom stereocenters. The summed E-state index contributed by atoms with van der Waals surface area (Å²) in [6.07, 6.45) is 3.61. The largest absolute Gasteiger partial charge is 0.498 e. The van der Waals surface area contributed by atoms with Gasteiger partial charge in [-0.1, -0.05) is 0 Å². The summed E-state index contributed by atoms with van der Waals surface area (Å²) >= 11 is 0. The van der Waals surface area contributed by atoms with Gasteiger partial charge < -0.3 is 24.5 Å². The number of nitrogens with one attached hydrogen (secondary N) is 3. The monoisotopic (exact) mass is 413 g/mol. The second-order valence-electron chi connectivity index (χ2n) is 6.59. The molecule has 0 saturated heterocycles. The Balaban J connectivity index is 1.63. The van der Waals surface area contributed by atoms with E-state index in [0.29, 0.717) is 35.1 Å². The van der Waals surface area contributed by atoms with Gasteiger partial charge in [-0.15, -0.1) is 0 Å². The van der Waals surface area contributed by atoms with E-state index >= 15 is 0 Å². The van der Waals surface area contributed by atoms with Crippen LogP contribution < -0.4 is 10.1 Å². The molecule has 10 heteroatoms. The molecule has 1 aromatic carbocycles.